The summed E-state index contributed by atoms with van der Waals surface area (Å²) in [4.78, 5) is 21.1. The number of aryl methyl sites for hydroxylation is 2. The number of rotatable bonds is 11. The molecule has 1 saturated heterocycles. The number of sulfonamides is 1. The van der Waals surface area contributed by atoms with Crippen LogP contribution in [-0.4, -0.2) is 65.8 Å². The number of aromatic nitrogens is 4. The number of hydrogen-bond acceptors (Lipinski definition) is 7. The summed E-state index contributed by atoms with van der Waals surface area (Å²) in [6.45, 7) is -1.74. The monoisotopic (exact) mass is 524 g/mol. The fourth-order valence-corrected chi connectivity index (χ4v) is 5.09. The second kappa shape index (κ2) is 11.1. The molecule has 0 spiro atoms. The van der Waals surface area contributed by atoms with Crippen molar-refractivity contribution in [1.82, 2.24) is 29.4 Å². The fraction of sp³-hybridized carbons (Fsp3) is 0.560. The summed E-state index contributed by atoms with van der Waals surface area (Å²) in [5, 5.41) is 4.14. The number of benzene rings is 1. The summed E-state index contributed by atoms with van der Waals surface area (Å²) in [6.07, 6.45) is 0.106. The van der Waals surface area contributed by atoms with Crippen molar-refractivity contribution >= 4 is 21.1 Å². The molecular formula is C25H36N6O4S. The van der Waals surface area contributed by atoms with E-state index >= 15 is 0 Å². The Morgan fingerprint density at radius 1 is 1.31 bits per heavy atom. The summed E-state index contributed by atoms with van der Waals surface area (Å²) in [6, 6.07) is 2.88. The lowest BCUT2D eigenvalue weighted by atomic mass is 10.1. The smallest absolute Gasteiger partial charge is 0.277 e. The fourth-order valence-electron chi connectivity index (χ4n) is 4.13. The van der Waals surface area contributed by atoms with Gasteiger partial charge in [-0.3, -0.25) is 9.48 Å². The Morgan fingerprint density at radius 2 is 2.17 bits per heavy atom. The molecule has 0 bridgehead atoms. The van der Waals surface area contributed by atoms with Crippen molar-refractivity contribution in [3.8, 4) is 17.1 Å². The Balaban J connectivity index is 1.75. The highest BCUT2D eigenvalue weighted by Crippen LogP contribution is 2.31. The minimum absolute atomic E-state index is 0.0669. The van der Waals surface area contributed by atoms with Gasteiger partial charge in [0.25, 0.3) is 5.56 Å². The number of nitrogens with one attached hydrogen (secondary N) is 2. The Labute approximate surface area is 223 Å². The number of nitrogens with zero attached hydrogens (tertiary/aromatic N) is 4. The van der Waals surface area contributed by atoms with Crippen LogP contribution in [0.4, 0.5) is 0 Å². The number of hydrogen-bond donors (Lipinski definition) is 2. The zero-order chi connectivity index (χ0) is 32.7. The number of likely N-dealkylation sites (tertiary alicyclic amines) is 1. The van der Waals surface area contributed by atoms with Gasteiger partial charge in [0, 0.05) is 30.5 Å². The van der Waals surface area contributed by atoms with Crippen molar-refractivity contribution in [3.05, 3.63) is 34.2 Å². The Morgan fingerprint density at radius 3 is 2.92 bits per heavy atom. The molecule has 1 aliphatic rings. The summed E-state index contributed by atoms with van der Waals surface area (Å²) >= 11 is 0. The highest BCUT2D eigenvalue weighted by atomic mass is 32.2. The first-order valence-electron chi connectivity index (χ1n) is 16.0. The first-order chi connectivity index (χ1) is 20.4. The first-order valence-corrected chi connectivity index (χ1v) is 13.4. The molecule has 0 saturated carbocycles. The number of ether oxygens (including phenoxy) is 1. The molecule has 1 unspecified atom stereocenters. The average molecular weight is 525 g/mol. The van der Waals surface area contributed by atoms with E-state index in [0.717, 1.165) is 4.90 Å². The van der Waals surface area contributed by atoms with E-state index in [9.17, 15) is 13.2 Å². The summed E-state index contributed by atoms with van der Waals surface area (Å²) in [5.74, 6) is 0.144. The van der Waals surface area contributed by atoms with Gasteiger partial charge in [-0.2, -0.15) is 5.10 Å². The van der Waals surface area contributed by atoms with E-state index in [4.69, 9.17) is 15.7 Å². The van der Waals surface area contributed by atoms with Crippen LogP contribution in [0.3, 0.4) is 0 Å². The van der Waals surface area contributed by atoms with Gasteiger partial charge in [0.15, 0.2) is 5.52 Å². The van der Waals surface area contributed by atoms with Crippen LogP contribution < -0.4 is 15.0 Å². The zero-order valence-electron chi connectivity index (χ0n) is 28.3. The molecule has 0 aliphatic carbocycles. The van der Waals surface area contributed by atoms with Crippen molar-refractivity contribution in [3.63, 3.8) is 0 Å². The van der Waals surface area contributed by atoms with Crippen LogP contribution in [0, 0.1) is 0 Å². The van der Waals surface area contributed by atoms with Gasteiger partial charge in [0.05, 0.1) is 22.8 Å². The van der Waals surface area contributed by atoms with Crippen LogP contribution in [0.15, 0.2) is 27.9 Å². The van der Waals surface area contributed by atoms with Gasteiger partial charge in [0.2, 0.25) is 10.0 Å². The van der Waals surface area contributed by atoms with E-state index in [0.29, 0.717) is 36.1 Å². The normalized spacial score (nSPS) is 21.1. The molecule has 0 radical (unpaired) electrons. The molecule has 2 N–H and O–H groups in total. The molecule has 1 aliphatic heterocycles. The lowest BCUT2D eigenvalue weighted by molar-refractivity contribution is 0.297. The SMILES string of the molecule is [2H]C([2H])(CNS(=O)(=O)c1ccc(OCCC)c(-c2nc3c(CCC)nn(C([2H])([2H])[2H])c3c(=O)[nH]2)c1)C1CCCN1C([2H])([2H])[2H]. The molecule has 10 nitrogen and oxygen atoms in total. The molecule has 196 valence electrons. The molecule has 0 amide bonds. The molecule has 11 heteroatoms. The van der Waals surface area contributed by atoms with Gasteiger partial charge < -0.3 is 14.6 Å². The van der Waals surface area contributed by atoms with Gasteiger partial charge in [-0.15, -0.1) is 0 Å². The van der Waals surface area contributed by atoms with Crippen molar-refractivity contribution in [1.29, 1.82) is 0 Å². The average Bonchev–Trinajstić information content (AvgIpc) is 3.58. The van der Waals surface area contributed by atoms with E-state index in [1.807, 2.05) is 13.8 Å². The molecule has 4 rings (SSSR count). The van der Waals surface area contributed by atoms with Gasteiger partial charge in [0.1, 0.15) is 17.1 Å². The molecule has 36 heavy (non-hydrogen) atoms. The van der Waals surface area contributed by atoms with Crippen LogP contribution in [-0.2, 0) is 23.4 Å². The van der Waals surface area contributed by atoms with E-state index in [-0.39, 0.29) is 52.6 Å². The van der Waals surface area contributed by atoms with Gasteiger partial charge >= 0.3 is 0 Å². The predicted molar refractivity (Wildman–Crippen MR) is 140 cm³/mol. The lowest BCUT2D eigenvalue weighted by Gasteiger charge is -2.19. The standard InChI is InChI=1S/C25H36N6O4S/c1-5-8-20-22-23(31(4)29-20)25(32)28-24(27-22)19-16-18(10-11-21(19)35-15-6-2)36(33,34)26-13-12-17-9-7-14-30(17)3/h10-11,16-17,26H,5-9,12-15H2,1-4H3,(H,27,28,32)/i3D3,4D3,12D2. The third-order valence-electron chi connectivity index (χ3n) is 5.92. The van der Waals surface area contributed by atoms with Gasteiger partial charge in [-0.1, -0.05) is 20.3 Å². The summed E-state index contributed by atoms with van der Waals surface area (Å²) in [5.41, 5.74) is -0.547. The Hall–Kier alpha value is -2.76. The summed E-state index contributed by atoms with van der Waals surface area (Å²) in [7, 11) is -4.34. The predicted octanol–water partition coefficient (Wildman–Crippen LogP) is 2.83. The maximum atomic E-state index is 13.4. The van der Waals surface area contributed by atoms with E-state index < -0.39 is 48.5 Å². The van der Waals surface area contributed by atoms with Crippen LogP contribution in [0.25, 0.3) is 22.4 Å². The van der Waals surface area contributed by atoms with Gasteiger partial charge in [-0.25, -0.2) is 18.1 Å². The number of fused-ring (bicyclic) bond motifs is 1. The third kappa shape index (κ3) is 5.47. The van der Waals surface area contributed by atoms with E-state index in [2.05, 4.69) is 19.8 Å². The van der Waals surface area contributed by atoms with Crippen molar-refractivity contribution in [2.24, 2.45) is 6.98 Å². The van der Waals surface area contributed by atoms with Crippen molar-refractivity contribution in [2.75, 3.05) is 26.7 Å². The maximum absolute atomic E-state index is 13.4. The second-order valence-electron chi connectivity index (χ2n) is 8.61. The second-order valence-corrected chi connectivity index (χ2v) is 10.4. The third-order valence-corrected chi connectivity index (χ3v) is 7.32. The molecule has 1 atom stereocenters. The van der Waals surface area contributed by atoms with Crippen LogP contribution in [0.5, 0.6) is 5.75 Å². The van der Waals surface area contributed by atoms with Crippen molar-refractivity contribution < 1.29 is 24.1 Å². The highest BCUT2D eigenvalue weighted by molar-refractivity contribution is 7.89. The minimum atomic E-state index is -4.34. The molecular weight excluding hydrogens is 480 g/mol. The largest absolute Gasteiger partial charge is 0.493 e. The molecule has 1 aromatic carbocycles. The Bertz CT molecular complexity index is 1670. The topological polar surface area (TPSA) is 122 Å². The van der Waals surface area contributed by atoms with Gasteiger partial charge in [-0.05, 0) is 63.8 Å². The Kier molecular flexibility index (Phi) is 5.44. The maximum Gasteiger partial charge on any atom is 0.277 e. The number of H-pyrrole nitrogens is 1. The van der Waals surface area contributed by atoms with E-state index in [1.165, 1.54) is 18.2 Å². The highest BCUT2D eigenvalue weighted by Gasteiger charge is 2.23. The molecule has 1 fully saturated rings. The first kappa shape index (κ1) is 17.7. The van der Waals surface area contributed by atoms with Crippen LogP contribution >= 0.6 is 0 Å². The molecule has 3 heterocycles. The number of aromatic amines is 1. The van der Waals surface area contributed by atoms with E-state index in [1.54, 1.807) is 0 Å². The molecule has 2 aromatic heterocycles. The quantitative estimate of drug-likeness (QED) is 0.395. The zero-order valence-corrected chi connectivity index (χ0v) is 21.1. The summed E-state index contributed by atoms with van der Waals surface area (Å²) < 4.78 is 99.1. The van der Waals surface area contributed by atoms with Crippen LogP contribution in [0.1, 0.15) is 62.6 Å². The minimum Gasteiger partial charge on any atom is -0.493 e. The van der Waals surface area contributed by atoms with Crippen LogP contribution in [0.2, 0.25) is 0 Å². The molecule has 3 aromatic rings. The lowest BCUT2D eigenvalue weighted by Crippen LogP contribution is -2.31. The van der Waals surface area contributed by atoms with Crippen molar-refractivity contribution in [2.45, 2.75) is 63.3 Å².